The zero-order chi connectivity index (χ0) is 21.6. The molecule has 29 heavy (non-hydrogen) atoms. The van der Waals surface area contributed by atoms with Crippen LogP contribution in [0, 0.1) is 21.8 Å². The zero-order valence-electron chi connectivity index (χ0n) is 17.2. The van der Waals surface area contributed by atoms with Gasteiger partial charge in [-0.3, -0.25) is 19.7 Å². The minimum absolute atomic E-state index is 0.118. The molecule has 0 heterocycles. The fourth-order valence-electron chi connectivity index (χ4n) is 2.60. The van der Waals surface area contributed by atoms with E-state index in [0.29, 0.717) is 30.9 Å². The Balaban J connectivity index is 2.07. The lowest BCUT2D eigenvalue weighted by molar-refractivity contribution is -0.387. The van der Waals surface area contributed by atoms with Gasteiger partial charge in [0.15, 0.2) is 0 Å². The van der Waals surface area contributed by atoms with Gasteiger partial charge in [0.2, 0.25) is 5.82 Å². The summed E-state index contributed by atoms with van der Waals surface area (Å²) in [5.74, 6) is -1.10. The van der Waals surface area contributed by atoms with E-state index in [1.54, 1.807) is 0 Å². The van der Waals surface area contributed by atoms with E-state index < -0.39 is 16.4 Å². The van der Waals surface area contributed by atoms with Crippen molar-refractivity contribution in [3.63, 3.8) is 0 Å². The predicted octanol–water partition coefficient (Wildman–Crippen LogP) is 5.10. The van der Waals surface area contributed by atoms with Crippen LogP contribution in [0.1, 0.15) is 70.8 Å². The molecule has 0 saturated carbocycles. The van der Waals surface area contributed by atoms with E-state index in [-0.39, 0.29) is 25.0 Å². The van der Waals surface area contributed by atoms with Crippen molar-refractivity contribution in [3.8, 4) is 0 Å². The minimum atomic E-state index is -0.919. The van der Waals surface area contributed by atoms with Crippen molar-refractivity contribution in [1.82, 2.24) is 0 Å². The number of nitro benzene ring substituents is 1. The Morgan fingerprint density at radius 1 is 1.00 bits per heavy atom. The number of nitro groups is 1. The van der Waals surface area contributed by atoms with Crippen molar-refractivity contribution in [3.05, 3.63) is 39.7 Å². The minimum Gasteiger partial charge on any atom is -0.465 e. The first-order valence-corrected chi connectivity index (χ1v) is 10.0. The van der Waals surface area contributed by atoms with E-state index >= 15 is 0 Å². The molecule has 0 aromatic heterocycles. The van der Waals surface area contributed by atoms with Crippen molar-refractivity contribution in [2.45, 2.75) is 71.8 Å². The van der Waals surface area contributed by atoms with Gasteiger partial charge in [-0.1, -0.05) is 45.6 Å². The highest BCUT2D eigenvalue weighted by atomic mass is 19.1. The Hall–Kier alpha value is -2.51. The van der Waals surface area contributed by atoms with Crippen LogP contribution in [0.15, 0.2) is 18.2 Å². The fourth-order valence-corrected chi connectivity index (χ4v) is 2.60. The van der Waals surface area contributed by atoms with E-state index in [0.717, 1.165) is 44.2 Å². The highest BCUT2D eigenvalue weighted by molar-refractivity contribution is 5.69. The van der Waals surface area contributed by atoms with Crippen LogP contribution in [0.25, 0.3) is 0 Å². The van der Waals surface area contributed by atoms with E-state index in [9.17, 15) is 24.1 Å². The van der Waals surface area contributed by atoms with Crippen LogP contribution in [0.5, 0.6) is 0 Å². The topological polar surface area (TPSA) is 95.7 Å². The molecule has 0 aliphatic carbocycles. The fraction of sp³-hybridized carbons (Fsp3) is 0.619. The molecule has 0 bridgehead atoms. The van der Waals surface area contributed by atoms with E-state index in [2.05, 4.69) is 0 Å². The molecular formula is C21H30FNO6. The van der Waals surface area contributed by atoms with Crippen LogP contribution < -0.4 is 0 Å². The summed E-state index contributed by atoms with van der Waals surface area (Å²) in [5, 5.41) is 10.7. The van der Waals surface area contributed by atoms with Crippen LogP contribution >= 0.6 is 0 Å². The van der Waals surface area contributed by atoms with Gasteiger partial charge < -0.3 is 9.47 Å². The molecule has 0 N–H and O–H groups in total. The third-order valence-electron chi connectivity index (χ3n) is 4.20. The summed E-state index contributed by atoms with van der Waals surface area (Å²) in [7, 11) is 0. The van der Waals surface area contributed by atoms with Crippen molar-refractivity contribution >= 4 is 17.6 Å². The zero-order valence-corrected chi connectivity index (χ0v) is 17.2. The molecule has 0 fully saturated rings. The summed E-state index contributed by atoms with van der Waals surface area (Å²) < 4.78 is 23.5. The monoisotopic (exact) mass is 411 g/mol. The molecule has 0 aliphatic heterocycles. The number of unbranched alkanes of at least 4 members (excludes halogenated alkanes) is 5. The Bertz CT molecular complexity index is 677. The van der Waals surface area contributed by atoms with Gasteiger partial charge in [0.1, 0.15) is 6.61 Å². The lowest BCUT2D eigenvalue weighted by Crippen LogP contribution is -2.09. The molecule has 0 saturated heterocycles. The Morgan fingerprint density at radius 2 is 1.55 bits per heavy atom. The molecule has 1 rings (SSSR count). The maximum Gasteiger partial charge on any atom is 0.306 e. The molecule has 0 spiro atoms. The number of carbonyl (C=O) groups excluding carboxylic acids is 2. The van der Waals surface area contributed by atoms with Crippen molar-refractivity contribution in [2.24, 2.45) is 5.92 Å². The molecule has 162 valence electrons. The van der Waals surface area contributed by atoms with Gasteiger partial charge >= 0.3 is 17.6 Å². The second-order valence-electron chi connectivity index (χ2n) is 7.40. The Morgan fingerprint density at radius 3 is 2.10 bits per heavy atom. The number of benzene rings is 1. The molecule has 0 amide bonds. The lowest BCUT2D eigenvalue weighted by atomic mass is 10.1. The van der Waals surface area contributed by atoms with Crippen LogP contribution in [-0.2, 0) is 25.7 Å². The standard InChI is InChI=1S/C21H30FNO6/c1-16(2)14-28-20(24)9-7-5-3-4-6-8-10-21(25)29-15-17-11-12-18(22)19(13-17)23(26)27/h11-13,16H,3-10,14-15H2,1-2H3. The van der Waals surface area contributed by atoms with Crippen LogP contribution in [0.3, 0.4) is 0 Å². The Kier molecular flexibility index (Phi) is 11.5. The van der Waals surface area contributed by atoms with Crippen molar-refractivity contribution in [1.29, 1.82) is 0 Å². The second kappa shape index (κ2) is 13.6. The summed E-state index contributed by atoms with van der Waals surface area (Å²) in [4.78, 5) is 33.1. The molecule has 1 aromatic carbocycles. The van der Waals surface area contributed by atoms with Gasteiger partial charge in [0, 0.05) is 18.9 Å². The predicted molar refractivity (Wildman–Crippen MR) is 106 cm³/mol. The molecule has 0 atom stereocenters. The van der Waals surface area contributed by atoms with Crippen LogP contribution in [-0.4, -0.2) is 23.5 Å². The summed E-state index contributed by atoms with van der Waals surface area (Å²) in [6.45, 7) is 4.34. The smallest absolute Gasteiger partial charge is 0.306 e. The quantitative estimate of drug-likeness (QED) is 0.183. The molecular weight excluding hydrogens is 381 g/mol. The Labute approximate surface area is 170 Å². The van der Waals surface area contributed by atoms with Gasteiger partial charge in [-0.25, -0.2) is 0 Å². The number of hydrogen-bond acceptors (Lipinski definition) is 6. The summed E-state index contributed by atoms with van der Waals surface area (Å²) in [6.07, 6.45) is 6.01. The van der Waals surface area contributed by atoms with E-state index in [1.807, 2.05) is 13.8 Å². The maximum atomic E-state index is 13.3. The van der Waals surface area contributed by atoms with Crippen molar-refractivity contribution < 1.29 is 28.4 Å². The van der Waals surface area contributed by atoms with Gasteiger partial charge in [0.05, 0.1) is 11.5 Å². The van der Waals surface area contributed by atoms with Gasteiger partial charge in [-0.15, -0.1) is 0 Å². The van der Waals surface area contributed by atoms with Crippen LogP contribution in [0.4, 0.5) is 10.1 Å². The maximum absolute atomic E-state index is 13.3. The molecule has 1 aromatic rings. The SMILES string of the molecule is CC(C)COC(=O)CCCCCCCCC(=O)OCc1ccc(F)c([N+](=O)[O-])c1. The first-order valence-electron chi connectivity index (χ1n) is 10.0. The normalized spacial score (nSPS) is 10.8. The average Bonchev–Trinajstić information content (AvgIpc) is 2.67. The summed E-state index contributed by atoms with van der Waals surface area (Å²) in [5.41, 5.74) is -0.259. The molecule has 0 unspecified atom stereocenters. The third kappa shape index (κ3) is 11.2. The number of halogens is 1. The highest BCUT2D eigenvalue weighted by Crippen LogP contribution is 2.19. The van der Waals surface area contributed by atoms with Gasteiger partial charge in [-0.2, -0.15) is 4.39 Å². The average molecular weight is 411 g/mol. The largest absolute Gasteiger partial charge is 0.465 e. The number of hydrogen-bond donors (Lipinski definition) is 0. The highest BCUT2D eigenvalue weighted by Gasteiger charge is 2.15. The summed E-state index contributed by atoms with van der Waals surface area (Å²) in [6, 6.07) is 3.42. The number of ether oxygens (including phenoxy) is 2. The van der Waals surface area contributed by atoms with E-state index in [4.69, 9.17) is 9.47 Å². The summed E-state index contributed by atoms with van der Waals surface area (Å²) >= 11 is 0. The number of carbonyl (C=O) groups is 2. The number of esters is 2. The molecule has 8 heteroatoms. The second-order valence-corrected chi connectivity index (χ2v) is 7.40. The van der Waals surface area contributed by atoms with Crippen molar-refractivity contribution in [2.75, 3.05) is 6.61 Å². The van der Waals surface area contributed by atoms with Gasteiger partial charge in [0.25, 0.3) is 0 Å². The third-order valence-corrected chi connectivity index (χ3v) is 4.20. The number of nitrogens with zero attached hydrogens (tertiary/aromatic N) is 1. The molecule has 7 nitrogen and oxygen atoms in total. The van der Waals surface area contributed by atoms with E-state index in [1.165, 1.54) is 6.07 Å². The van der Waals surface area contributed by atoms with Gasteiger partial charge in [-0.05, 0) is 30.4 Å². The molecule has 0 radical (unpaired) electrons. The lowest BCUT2D eigenvalue weighted by Gasteiger charge is -2.07. The first-order chi connectivity index (χ1) is 13.8. The molecule has 0 aliphatic rings. The number of rotatable bonds is 14. The van der Waals surface area contributed by atoms with Crippen LogP contribution in [0.2, 0.25) is 0 Å². The first kappa shape index (κ1) is 24.5.